The molecule has 0 spiro atoms. The summed E-state index contributed by atoms with van der Waals surface area (Å²) in [7, 11) is 0. The van der Waals surface area contributed by atoms with Crippen LogP contribution >= 0.6 is 35.4 Å². The van der Waals surface area contributed by atoms with Gasteiger partial charge in [-0.1, -0.05) is 79.1 Å². The third-order valence-electron chi connectivity index (χ3n) is 3.42. The molecule has 0 saturated carbocycles. The van der Waals surface area contributed by atoms with E-state index < -0.39 is 0 Å². The highest BCUT2D eigenvalue weighted by molar-refractivity contribution is 7.81. The van der Waals surface area contributed by atoms with E-state index in [1.165, 1.54) is 0 Å². The van der Waals surface area contributed by atoms with E-state index in [-0.39, 0.29) is 0 Å². The van der Waals surface area contributed by atoms with E-state index in [2.05, 4.69) is 13.0 Å². The van der Waals surface area contributed by atoms with Crippen LogP contribution < -0.4 is 0 Å². The normalized spacial score (nSPS) is 11.5. The summed E-state index contributed by atoms with van der Waals surface area (Å²) in [5.74, 6) is 0. The van der Waals surface area contributed by atoms with Gasteiger partial charge in [-0.15, -0.1) is 0 Å². The number of allylic oxidation sites excluding steroid dienone is 1. The van der Waals surface area contributed by atoms with Crippen molar-refractivity contribution in [3.8, 4) is 0 Å². The van der Waals surface area contributed by atoms with Gasteiger partial charge in [-0.2, -0.15) is 0 Å². The minimum atomic E-state index is 0.677. The first-order chi connectivity index (χ1) is 10.6. The van der Waals surface area contributed by atoms with E-state index in [1.54, 1.807) is 6.07 Å². The maximum atomic E-state index is 6.28. The molecular weight excluding hydrogens is 331 g/mol. The first-order valence-corrected chi connectivity index (χ1v) is 8.53. The molecule has 0 heterocycles. The van der Waals surface area contributed by atoms with Crippen molar-refractivity contribution in [1.29, 1.82) is 0 Å². The van der Waals surface area contributed by atoms with Crippen LogP contribution in [0.15, 0.2) is 54.1 Å². The number of benzene rings is 2. The Bertz CT molecular complexity index is 675. The van der Waals surface area contributed by atoms with Gasteiger partial charge in [0.25, 0.3) is 0 Å². The molecule has 0 unspecified atom stereocenters. The molecule has 114 valence electrons. The van der Waals surface area contributed by atoms with Crippen molar-refractivity contribution >= 4 is 46.4 Å². The van der Waals surface area contributed by atoms with Gasteiger partial charge >= 0.3 is 0 Å². The lowest BCUT2D eigenvalue weighted by Gasteiger charge is -2.10. The third kappa shape index (κ3) is 4.67. The Morgan fingerprint density at radius 2 is 1.82 bits per heavy atom. The van der Waals surface area contributed by atoms with E-state index in [1.807, 2.05) is 42.5 Å². The average molecular weight is 349 g/mol. The Hall–Kier alpha value is -1.15. The van der Waals surface area contributed by atoms with Crippen molar-refractivity contribution in [2.24, 2.45) is 0 Å². The minimum absolute atomic E-state index is 0.677. The lowest BCUT2D eigenvalue weighted by atomic mass is 9.97. The van der Waals surface area contributed by atoms with Gasteiger partial charge in [0, 0.05) is 14.9 Å². The van der Waals surface area contributed by atoms with Crippen molar-refractivity contribution in [2.75, 3.05) is 0 Å². The zero-order valence-corrected chi connectivity index (χ0v) is 14.8. The summed E-state index contributed by atoms with van der Waals surface area (Å²) in [4.78, 5) is 0.880. The second-order valence-electron chi connectivity index (χ2n) is 5.13. The Kier molecular flexibility index (Phi) is 6.63. The first kappa shape index (κ1) is 17.2. The van der Waals surface area contributed by atoms with Crippen LogP contribution in [0.3, 0.4) is 0 Å². The lowest BCUT2D eigenvalue weighted by Crippen LogP contribution is -2.02. The SMILES string of the molecule is CCCCC(=Cc1cc(Cl)ccc1Cl)C(=S)c1ccccc1. The predicted octanol–water partition coefficient (Wildman–Crippen LogP) is 6.99. The maximum absolute atomic E-state index is 6.28. The summed E-state index contributed by atoms with van der Waals surface area (Å²) < 4.78 is 0. The molecule has 2 aromatic rings. The summed E-state index contributed by atoms with van der Waals surface area (Å²) in [6, 6.07) is 15.6. The molecule has 0 aromatic heterocycles. The van der Waals surface area contributed by atoms with E-state index >= 15 is 0 Å². The summed E-state index contributed by atoms with van der Waals surface area (Å²) in [6.45, 7) is 2.18. The number of thiocarbonyl (C=S) groups is 1. The molecule has 0 aliphatic carbocycles. The summed E-state index contributed by atoms with van der Waals surface area (Å²) in [5, 5.41) is 1.37. The van der Waals surface area contributed by atoms with Gasteiger partial charge < -0.3 is 0 Å². The molecule has 2 aromatic carbocycles. The standard InChI is InChI=1S/C19H18Cl2S/c1-2-3-7-15(19(22)14-8-5-4-6-9-14)12-16-13-17(20)10-11-18(16)21/h4-6,8-13H,2-3,7H2,1H3. The van der Waals surface area contributed by atoms with Gasteiger partial charge in [-0.25, -0.2) is 0 Å². The molecule has 0 atom stereocenters. The molecule has 0 nitrogen and oxygen atoms in total. The molecule has 0 saturated heterocycles. The van der Waals surface area contributed by atoms with Gasteiger partial charge in [0.15, 0.2) is 0 Å². The molecule has 0 amide bonds. The lowest BCUT2D eigenvalue weighted by molar-refractivity contribution is 0.806. The van der Waals surface area contributed by atoms with Crippen LogP contribution in [0.1, 0.15) is 37.3 Å². The van der Waals surface area contributed by atoms with Gasteiger partial charge in [-0.05, 0) is 53.8 Å². The Morgan fingerprint density at radius 3 is 2.50 bits per heavy atom. The molecular formula is C19H18Cl2S. The van der Waals surface area contributed by atoms with Crippen molar-refractivity contribution in [3.63, 3.8) is 0 Å². The minimum Gasteiger partial charge on any atom is -0.0843 e. The fraction of sp³-hybridized carbons (Fsp3) is 0.211. The molecule has 3 heteroatoms. The molecule has 22 heavy (non-hydrogen) atoms. The quantitative estimate of drug-likeness (QED) is 0.308. The Morgan fingerprint density at radius 1 is 1.09 bits per heavy atom. The first-order valence-electron chi connectivity index (χ1n) is 7.37. The highest BCUT2D eigenvalue weighted by atomic mass is 35.5. The molecule has 0 N–H and O–H groups in total. The number of unbranched alkanes of at least 4 members (excludes halogenated alkanes) is 1. The molecule has 0 radical (unpaired) electrons. The van der Waals surface area contributed by atoms with Crippen LogP contribution in [0.2, 0.25) is 10.0 Å². The summed E-state index contributed by atoms with van der Waals surface area (Å²) in [5.41, 5.74) is 3.11. The van der Waals surface area contributed by atoms with Crippen molar-refractivity contribution in [1.82, 2.24) is 0 Å². The fourth-order valence-electron chi connectivity index (χ4n) is 2.21. The predicted molar refractivity (Wildman–Crippen MR) is 102 cm³/mol. The number of rotatable bonds is 6. The number of halogens is 2. The van der Waals surface area contributed by atoms with Crippen molar-refractivity contribution in [3.05, 3.63) is 75.3 Å². The highest BCUT2D eigenvalue weighted by Crippen LogP contribution is 2.26. The summed E-state index contributed by atoms with van der Waals surface area (Å²) >= 11 is 18.0. The number of hydrogen-bond acceptors (Lipinski definition) is 1. The fourth-order valence-corrected chi connectivity index (χ4v) is 2.86. The summed E-state index contributed by atoms with van der Waals surface area (Å²) in [6.07, 6.45) is 5.22. The van der Waals surface area contributed by atoms with Crippen LogP contribution in [0.5, 0.6) is 0 Å². The average Bonchev–Trinajstić information content (AvgIpc) is 2.54. The molecule has 2 rings (SSSR count). The van der Waals surface area contributed by atoms with Crippen LogP contribution in [-0.2, 0) is 0 Å². The van der Waals surface area contributed by atoms with Crippen molar-refractivity contribution < 1.29 is 0 Å². The number of hydrogen-bond donors (Lipinski definition) is 0. The van der Waals surface area contributed by atoms with E-state index in [4.69, 9.17) is 35.4 Å². The molecule has 0 fully saturated rings. The molecule has 0 aliphatic rings. The zero-order chi connectivity index (χ0) is 15.9. The monoisotopic (exact) mass is 348 g/mol. The van der Waals surface area contributed by atoms with E-state index in [0.717, 1.165) is 40.8 Å². The zero-order valence-electron chi connectivity index (χ0n) is 12.5. The third-order valence-corrected chi connectivity index (χ3v) is 4.49. The van der Waals surface area contributed by atoms with Crippen LogP contribution in [0, 0.1) is 0 Å². The Balaban J connectivity index is 2.39. The largest absolute Gasteiger partial charge is 0.0843 e. The van der Waals surface area contributed by atoms with Crippen LogP contribution in [0.25, 0.3) is 6.08 Å². The van der Waals surface area contributed by atoms with Crippen LogP contribution in [0.4, 0.5) is 0 Å². The molecule has 0 aliphatic heterocycles. The smallest absolute Gasteiger partial charge is 0.0481 e. The second-order valence-corrected chi connectivity index (χ2v) is 6.39. The van der Waals surface area contributed by atoms with Crippen LogP contribution in [-0.4, -0.2) is 4.86 Å². The van der Waals surface area contributed by atoms with Gasteiger partial charge in [0.05, 0.1) is 0 Å². The van der Waals surface area contributed by atoms with Gasteiger partial charge in [-0.3, -0.25) is 0 Å². The Labute approximate surface area is 147 Å². The molecule has 0 bridgehead atoms. The van der Waals surface area contributed by atoms with Gasteiger partial charge in [0.1, 0.15) is 0 Å². The highest BCUT2D eigenvalue weighted by Gasteiger charge is 2.09. The van der Waals surface area contributed by atoms with Crippen molar-refractivity contribution in [2.45, 2.75) is 26.2 Å². The topological polar surface area (TPSA) is 0 Å². The maximum Gasteiger partial charge on any atom is 0.0481 e. The second kappa shape index (κ2) is 8.47. The van der Waals surface area contributed by atoms with E-state index in [0.29, 0.717) is 10.0 Å². The van der Waals surface area contributed by atoms with Gasteiger partial charge in [0.2, 0.25) is 0 Å². The van der Waals surface area contributed by atoms with E-state index in [9.17, 15) is 0 Å².